The highest BCUT2D eigenvalue weighted by Gasteiger charge is 2.41. The van der Waals surface area contributed by atoms with Gasteiger partial charge in [0, 0.05) is 13.1 Å². The quantitative estimate of drug-likeness (QED) is 0.494. The van der Waals surface area contributed by atoms with Crippen molar-refractivity contribution in [1.29, 1.82) is 0 Å². The van der Waals surface area contributed by atoms with Crippen molar-refractivity contribution in [3.63, 3.8) is 0 Å². The largest absolute Gasteiger partial charge is 0.394 e. The van der Waals surface area contributed by atoms with Crippen LogP contribution in [-0.4, -0.2) is 61.9 Å². The lowest BCUT2D eigenvalue weighted by molar-refractivity contribution is 0.102. The summed E-state index contributed by atoms with van der Waals surface area (Å²) in [5.41, 5.74) is 1.57. The van der Waals surface area contributed by atoms with Crippen LogP contribution in [0.15, 0.2) is 36.7 Å². The SMILES string of the molecule is C.C[C@H](CO)n1cnnc1-c1cccc(NC(=O)c2cc3c(cc2F)CCN(S(=O)(=O)C2CC2)C3)n1. The molecule has 0 saturated heterocycles. The number of hydrogen-bond acceptors (Lipinski definition) is 7. The van der Waals surface area contributed by atoms with Gasteiger partial charge in [0.1, 0.15) is 23.7 Å². The van der Waals surface area contributed by atoms with Gasteiger partial charge in [-0.25, -0.2) is 17.8 Å². The van der Waals surface area contributed by atoms with Gasteiger partial charge in [0.2, 0.25) is 10.0 Å². The van der Waals surface area contributed by atoms with E-state index in [1.807, 2.05) is 0 Å². The highest BCUT2D eigenvalue weighted by atomic mass is 32.2. The second-order valence-electron chi connectivity index (χ2n) is 8.88. The van der Waals surface area contributed by atoms with Crippen LogP contribution >= 0.6 is 0 Å². The minimum atomic E-state index is -3.36. The second-order valence-corrected chi connectivity index (χ2v) is 11.1. The van der Waals surface area contributed by atoms with E-state index in [0.29, 0.717) is 48.5 Å². The third kappa shape index (κ3) is 4.88. The average molecular weight is 517 g/mol. The first-order valence-corrected chi connectivity index (χ1v) is 12.9. The number of rotatable bonds is 7. The molecule has 1 aromatic carbocycles. The topological polar surface area (TPSA) is 130 Å². The molecular weight excluding hydrogens is 487 g/mol. The van der Waals surface area contributed by atoms with Crippen molar-refractivity contribution in [1.82, 2.24) is 24.1 Å². The van der Waals surface area contributed by atoms with Crippen LogP contribution in [0.3, 0.4) is 0 Å². The predicted octanol–water partition coefficient (Wildman–Crippen LogP) is 2.77. The van der Waals surface area contributed by atoms with E-state index in [9.17, 15) is 22.7 Å². The number of aliphatic hydroxyl groups is 1. The van der Waals surface area contributed by atoms with Crippen molar-refractivity contribution in [3.8, 4) is 11.5 Å². The number of fused-ring (bicyclic) bond motifs is 1. The van der Waals surface area contributed by atoms with Crippen molar-refractivity contribution in [3.05, 3.63) is 59.2 Å². The zero-order valence-corrected chi connectivity index (χ0v) is 19.9. The molecule has 0 unspecified atom stereocenters. The van der Waals surface area contributed by atoms with Gasteiger partial charge in [0.25, 0.3) is 5.91 Å². The first kappa shape index (κ1) is 25.9. The average Bonchev–Trinajstić information content (AvgIpc) is 3.60. The normalized spacial score (nSPS) is 16.6. The first-order valence-electron chi connectivity index (χ1n) is 11.4. The lowest BCUT2D eigenvalue weighted by Gasteiger charge is -2.28. The maximum atomic E-state index is 14.8. The molecule has 0 spiro atoms. The Morgan fingerprint density at radius 2 is 2.06 bits per heavy atom. The van der Waals surface area contributed by atoms with E-state index >= 15 is 0 Å². The monoisotopic (exact) mass is 516 g/mol. The molecule has 3 heterocycles. The van der Waals surface area contributed by atoms with Crippen LogP contribution in [0.25, 0.3) is 11.5 Å². The van der Waals surface area contributed by atoms with Gasteiger partial charge in [-0.05, 0) is 61.6 Å². The molecule has 0 bridgehead atoms. The smallest absolute Gasteiger partial charge is 0.259 e. The van der Waals surface area contributed by atoms with Crippen molar-refractivity contribution >= 4 is 21.7 Å². The number of halogens is 1. The number of benzene rings is 1. The Bertz CT molecular complexity index is 1390. The van der Waals surface area contributed by atoms with E-state index in [0.717, 1.165) is 0 Å². The maximum Gasteiger partial charge on any atom is 0.259 e. The second kappa shape index (κ2) is 10.0. The lowest BCUT2D eigenvalue weighted by atomic mass is 9.97. The third-order valence-corrected chi connectivity index (χ3v) is 8.69. The lowest BCUT2D eigenvalue weighted by Crippen LogP contribution is -2.38. The highest BCUT2D eigenvalue weighted by molar-refractivity contribution is 7.90. The van der Waals surface area contributed by atoms with Gasteiger partial charge in [-0.2, -0.15) is 4.31 Å². The molecule has 1 aliphatic heterocycles. The van der Waals surface area contributed by atoms with Gasteiger partial charge in [-0.3, -0.25) is 4.79 Å². The van der Waals surface area contributed by atoms with Crippen LogP contribution in [-0.2, 0) is 23.0 Å². The number of nitrogens with zero attached hydrogens (tertiary/aromatic N) is 5. The van der Waals surface area contributed by atoms with Crippen LogP contribution in [0.4, 0.5) is 10.2 Å². The molecule has 1 amide bonds. The summed E-state index contributed by atoms with van der Waals surface area (Å²) in [5.74, 6) is -0.761. The molecule has 1 atom stereocenters. The molecule has 36 heavy (non-hydrogen) atoms. The van der Waals surface area contributed by atoms with E-state index in [1.54, 1.807) is 29.7 Å². The van der Waals surface area contributed by atoms with Gasteiger partial charge in [0.05, 0.1) is 23.5 Å². The molecule has 2 aromatic heterocycles. The number of carbonyl (C=O) groups is 1. The Kier molecular flexibility index (Phi) is 7.21. The summed E-state index contributed by atoms with van der Waals surface area (Å²) in [7, 11) is -3.36. The van der Waals surface area contributed by atoms with Crippen molar-refractivity contribution in [2.45, 2.75) is 51.4 Å². The predicted molar refractivity (Wildman–Crippen MR) is 132 cm³/mol. The fourth-order valence-corrected chi connectivity index (χ4v) is 5.99. The molecule has 1 fully saturated rings. The molecule has 1 saturated carbocycles. The summed E-state index contributed by atoms with van der Waals surface area (Å²) in [5, 5.41) is 19.7. The number of pyridine rings is 1. The number of sulfonamides is 1. The van der Waals surface area contributed by atoms with Crippen molar-refractivity contribution in [2.75, 3.05) is 18.5 Å². The van der Waals surface area contributed by atoms with Crippen LogP contribution in [0.5, 0.6) is 0 Å². The Hall–Kier alpha value is -3.22. The zero-order valence-electron chi connectivity index (χ0n) is 19.1. The van der Waals surface area contributed by atoms with Crippen LogP contribution in [0.2, 0.25) is 0 Å². The summed E-state index contributed by atoms with van der Waals surface area (Å²) >= 11 is 0. The van der Waals surface area contributed by atoms with Gasteiger partial charge in [-0.1, -0.05) is 13.5 Å². The van der Waals surface area contributed by atoms with E-state index in [2.05, 4.69) is 20.5 Å². The van der Waals surface area contributed by atoms with Gasteiger partial charge < -0.3 is 15.0 Å². The molecule has 10 nitrogen and oxygen atoms in total. The molecule has 2 N–H and O–H groups in total. The molecule has 1 aliphatic carbocycles. The number of anilines is 1. The van der Waals surface area contributed by atoms with Crippen molar-refractivity contribution < 1.29 is 22.7 Å². The zero-order chi connectivity index (χ0) is 24.7. The number of carbonyl (C=O) groups excluding carboxylic acids is 1. The van der Waals surface area contributed by atoms with E-state index in [1.165, 1.54) is 22.8 Å². The van der Waals surface area contributed by atoms with Crippen molar-refractivity contribution in [2.24, 2.45) is 0 Å². The standard InChI is InChI=1S/C23H25FN6O4S.CH4/c1-14(12-31)30-13-25-28-22(30)20-3-2-4-21(26-20)27-23(32)18-9-16-11-29(35(33,34)17-5-6-17)8-7-15(16)10-19(18)24;/h2-4,9-10,13-14,17,31H,5-8,11-12H2,1H3,(H,26,27,32);1H4/t14-;/m1./s1. The summed E-state index contributed by atoms with van der Waals surface area (Å²) in [6.07, 6.45) is 3.23. The summed E-state index contributed by atoms with van der Waals surface area (Å²) in [4.78, 5) is 17.3. The molecule has 12 heteroatoms. The van der Waals surface area contributed by atoms with E-state index in [-0.39, 0.29) is 43.3 Å². The van der Waals surface area contributed by atoms with Gasteiger partial charge >= 0.3 is 0 Å². The van der Waals surface area contributed by atoms with Gasteiger partial charge in [-0.15, -0.1) is 10.2 Å². The van der Waals surface area contributed by atoms with Gasteiger partial charge in [0.15, 0.2) is 5.82 Å². The minimum Gasteiger partial charge on any atom is -0.394 e. The first-order chi connectivity index (χ1) is 16.8. The number of hydrogen-bond donors (Lipinski definition) is 2. The molecule has 192 valence electrons. The molecule has 2 aliphatic rings. The summed E-state index contributed by atoms with van der Waals surface area (Å²) < 4.78 is 43.2. The molecular formula is C24H29FN6O4S. The van der Waals surface area contributed by atoms with Crippen LogP contribution in [0.1, 0.15) is 54.7 Å². The molecule has 3 aromatic rings. The van der Waals surface area contributed by atoms with E-state index in [4.69, 9.17) is 0 Å². The molecule has 5 rings (SSSR count). The fourth-order valence-electron chi connectivity index (χ4n) is 4.17. The Morgan fingerprint density at radius 3 is 2.78 bits per heavy atom. The minimum absolute atomic E-state index is 0. The number of aromatic nitrogens is 4. The Balaban J connectivity index is 0.00000304. The molecule has 0 radical (unpaired) electrons. The Morgan fingerprint density at radius 1 is 1.28 bits per heavy atom. The summed E-state index contributed by atoms with van der Waals surface area (Å²) in [6, 6.07) is 7.40. The number of amides is 1. The third-order valence-electron chi connectivity index (χ3n) is 6.35. The summed E-state index contributed by atoms with van der Waals surface area (Å²) in [6.45, 7) is 2.13. The number of nitrogens with one attached hydrogen (secondary N) is 1. The van der Waals surface area contributed by atoms with Crippen LogP contribution < -0.4 is 5.32 Å². The maximum absolute atomic E-state index is 14.8. The Labute approximate surface area is 209 Å². The van der Waals surface area contributed by atoms with Crippen LogP contribution in [0, 0.1) is 5.82 Å². The highest BCUT2D eigenvalue weighted by Crippen LogP contribution is 2.34. The fraction of sp³-hybridized carbons (Fsp3) is 0.417. The van der Waals surface area contributed by atoms with E-state index < -0.39 is 21.7 Å². The number of aliphatic hydroxyl groups excluding tert-OH is 1.